The van der Waals surface area contributed by atoms with E-state index in [-0.39, 0.29) is 11.9 Å². The number of rotatable bonds is 30. The molecule has 0 saturated heterocycles. The number of carbonyl (C=O) groups is 2. The van der Waals surface area contributed by atoms with E-state index in [0.717, 1.165) is 65.0 Å². The summed E-state index contributed by atoms with van der Waals surface area (Å²) in [5.41, 5.74) is 0.801. The topological polar surface area (TPSA) is 59.1 Å². The van der Waals surface area contributed by atoms with Crippen LogP contribution in [-0.2, 0) is 9.47 Å². The van der Waals surface area contributed by atoms with Gasteiger partial charge in [-0.05, 0) is 96.0 Å². The zero-order valence-electron chi connectivity index (χ0n) is 29.2. The summed E-state index contributed by atoms with van der Waals surface area (Å²) in [4.78, 5) is 30.2. The largest absolute Gasteiger partial charge is 0.462 e. The van der Waals surface area contributed by atoms with Crippen molar-refractivity contribution >= 4 is 11.9 Å². The van der Waals surface area contributed by atoms with Gasteiger partial charge in [0.1, 0.15) is 0 Å². The van der Waals surface area contributed by atoms with Crippen LogP contribution in [0.2, 0.25) is 0 Å². The zero-order chi connectivity index (χ0) is 32.1. The van der Waals surface area contributed by atoms with E-state index in [0.29, 0.717) is 24.3 Å². The van der Waals surface area contributed by atoms with Crippen molar-refractivity contribution in [2.75, 3.05) is 52.5 Å². The van der Waals surface area contributed by atoms with Crippen molar-refractivity contribution in [2.45, 2.75) is 143 Å². The molecule has 1 rings (SSSR count). The second-order valence-electron chi connectivity index (χ2n) is 12.4. The average molecular weight is 617 g/mol. The Labute approximate surface area is 271 Å². The minimum atomic E-state index is -0.379. The maximum absolute atomic E-state index is 12.6. The monoisotopic (exact) mass is 617 g/mol. The number of hydrogen-bond donors (Lipinski definition) is 0. The van der Waals surface area contributed by atoms with Gasteiger partial charge < -0.3 is 19.3 Å². The number of benzene rings is 1. The van der Waals surface area contributed by atoms with Crippen molar-refractivity contribution in [1.29, 1.82) is 0 Å². The molecule has 0 fully saturated rings. The van der Waals surface area contributed by atoms with Gasteiger partial charge in [0.25, 0.3) is 0 Å². The van der Waals surface area contributed by atoms with E-state index in [1.54, 1.807) is 24.3 Å². The molecular formula is C38H68N2O4. The second kappa shape index (κ2) is 28.5. The van der Waals surface area contributed by atoms with Crippen LogP contribution in [0.1, 0.15) is 164 Å². The number of hydrogen-bond acceptors (Lipinski definition) is 6. The van der Waals surface area contributed by atoms with Gasteiger partial charge in [-0.25, -0.2) is 9.59 Å². The summed E-state index contributed by atoms with van der Waals surface area (Å²) in [5.74, 6) is -0.758. The van der Waals surface area contributed by atoms with Crippen LogP contribution < -0.4 is 0 Å². The normalized spacial score (nSPS) is 11.4. The highest BCUT2D eigenvalue weighted by Crippen LogP contribution is 2.12. The molecule has 0 aliphatic heterocycles. The lowest BCUT2D eigenvalue weighted by molar-refractivity contribution is 0.0493. The van der Waals surface area contributed by atoms with Gasteiger partial charge in [0.2, 0.25) is 0 Å². The lowest BCUT2D eigenvalue weighted by Gasteiger charge is -2.20. The predicted molar refractivity (Wildman–Crippen MR) is 186 cm³/mol. The van der Waals surface area contributed by atoms with Gasteiger partial charge in [0.15, 0.2) is 0 Å². The molecule has 0 spiro atoms. The predicted octanol–water partition coefficient (Wildman–Crippen LogP) is 9.71. The van der Waals surface area contributed by atoms with Gasteiger partial charge in [-0.1, -0.05) is 111 Å². The molecule has 6 heteroatoms. The summed E-state index contributed by atoms with van der Waals surface area (Å²) in [6.07, 6.45) is 22.4. The van der Waals surface area contributed by atoms with E-state index in [1.165, 1.54) is 89.9 Å². The number of esters is 2. The van der Waals surface area contributed by atoms with Crippen LogP contribution in [0, 0.1) is 0 Å². The fourth-order valence-corrected chi connectivity index (χ4v) is 5.59. The van der Waals surface area contributed by atoms with Crippen molar-refractivity contribution in [3.8, 4) is 0 Å². The van der Waals surface area contributed by atoms with Crippen LogP contribution in [0.4, 0.5) is 0 Å². The van der Waals surface area contributed by atoms with E-state index >= 15 is 0 Å². The summed E-state index contributed by atoms with van der Waals surface area (Å²) < 4.78 is 11.0. The van der Waals surface area contributed by atoms with Crippen molar-refractivity contribution in [3.05, 3.63) is 35.4 Å². The fourth-order valence-electron chi connectivity index (χ4n) is 5.59. The average Bonchev–Trinajstić information content (AvgIpc) is 3.05. The van der Waals surface area contributed by atoms with Crippen molar-refractivity contribution < 1.29 is 19.1 Å². The number of unbranched alkanes of at least 4 members (excludes halogenated alkanes) is 14. The van der Waals surface area contributed by atoms with Crippen LogP contribution in [0.15, 0.2) is 24.3 Å². The fraction of sp³-hybridized carbons (Fsp3) is 0.789. The van der Waals surface area contributed by atoms with Crippen LogP contribution in [0.3, 0.4) is 0 Å². The quantitative estimate of drug-likeness (QED) is 0.0633. The van der Waals surface area contributed by atoms with Crippen LogP contribution in [-0.4, -0.2) is 74.2 Å². The molecule has 6 nitrogen and oxygen atoms in total. The van der Waals surface area contributed by atoms with Crippen LogP contribution in [0.5, 0.6) is 0 Å². The Balaban J connectivity index is 2.20. The lowest BCUT2D eigenvalue weighted by atomic mass is 10.1. The number of nitrogens with zero attached hydrogens (tertiary/aromatic N) is 2. The van der Waals surface area contributed by atoms with E-state index in [4.69, 9.17) is 9.47 Å². The molecule has 254 valence electrons. The highest BCUT2D eigenvalue weighted by Gasteiger charge is 2.13. The third kappa shape index (κ3) is 20.9. The Hall–Kier alpha value is -1.92. The Morgan fingerprint density at radius 2 is 0.841 bits per heavy atom. The van der Waals surface area contributed by atoms with Crippen molar-refractivity contribution in [1.82, 2.24) is 9.80 Å². The number of ether oxygens (including phenoxy) is 2. The third-order valence-electron chi connectivity index (χ3n) is 8.59. The SMILES string of the molecule is CCCCCCCCCN(CC)CCCCOC(=O)c1cccc(C(=O)OCCCCN(CC)CCCCCCCCC)c1. The first kappa shape index (κ1) is 40.1. The van der Waals surface area contributed by atoms with E-state index < -0.39 is 0 Å². The van der Waals surface area contributed by atoms with E-state index in [2.05, 4.69) is 37.5 Å². The molecule has 0 unspecified atom stereocenters. The van der Waals surface area contributed by atoms with Gasteiger partial charge in [-0.2, -0.15) is 0 Å². The van der Waals surface area contributed by atoms with Crippen molar-refractivity contribution in [3.63, 3.8) is 0 Å². The molecule has 0 N–H and O–H groups in total. The second-order valence-corrected chi connectivity index (χ2v) is 12.4. The van der Waals surface area contributed by atoms with Gasteiger partial charge in [-0.3, -0.25) is 0 Å². The summed E-state index contributed by atoms with van der Waals surface area (Å²) in [5, 5.41) is 0. The molecule has 0 heterocycles. The number of carbonyl (C=O) groups excluding carboxylic acids is 2. The molecule has 0 atom stereocenters. The molecule has 0 aliphatic carbocycles. The lowest BCUT2D eigenvalue weighted by Crippen LogP contribution is -2.26. The molecule has 44 heavy (non-hydrogen) atoms. The molecule has 0 radical (unpaired) electrons. The zero-order valence-corrected chi connectivity index (χ0v) is 29.2. The molecule has 0 aromatic heterocycles. The van der Waals surface area contributed by atoms with E-state index in [9.17, 15) is 9.59 Å². The van der Waals surface area contributed by atoms with Gasteiger partial charge >= 0.3 is 11.9 Å². The smallest absolute Gasteiger partial charge is 0.338 e. The first-order chi connectivity index (χ1) is 21.5. The standard InChI is InChI=1S/C38H68N2O4/c1-5-9-11-13-15-17-19-28-39(7-3)30-21-23-32-43-37(41)35-26-25-27-36(34-35)38(42)44-33-24-22-31-40(8-4)29-20-18-16-14-12-10-6-2/h25-27,34H,5-24,28-33H2,1-4H3. The summed E-state index contributed by atoms with van der Waals surface area (Å²) in [6.45, 7) is 16.3. The minimum Gasteiger partial charge on any atom is -0.462 e. The van der Waals surface area contributed by atoms with Gasteiger partial charge in [0.05, 0.1) is 24.3 Å². The maximum atomic E-state index is 12.6. The Bertz CT molecular complexity index is 768. The van der Waals surface area contributed by atoms with Gasteiger partial charge in [-0.15, -0.1) is 0 Å². The Morgan fingerprint density at radius 1 is 0.500 bits per heavy atom. The highest BCUT2D eigenvalue weighted by molar-refractivity contribution is 5.95. The molecule has 1 aromatic rings. The van der Waals surface area contributed by atoms with E-state index in [1.807, 2.05) is 0 Å². The Kier molecular flexibility index (Phi) is 26.0. The third-order valence-corrected chi connectivity index (χ3v) is 8.59. The molecular weight excluding hydrogens is 548 g/mol. The minimum absolute atomic E-state index is 0.379. The Morgan fingerprint density at radius 3 is 1.20 bits per heavy atom. The highest BCUT2D eigenvalue weighted by atomic mass is 16.5. The molecule has 1 aromatic carbocycles. The first-order valence-electron chi connectivity index (χ1n) is 18.4. The molecule has 0 amide bonds. The maximum Gasteiger partial charge on any atom is 0.338 e. The van der Waals surface area contributed by atoms with Crippen LogP contribution in [0.25, 0.3) is 0 Å². The van der Waals surface area contributed by atoms with Crippen molar-refractivity contribution in [2.24, 2.45) is 0 Å². The molecule has 0 bridgehead atoms. The molecule has 0 saturated carbocycles. The molecule has 0 aliphatic rings. The first-order valence-corrected chi connectivity index (χ1v) is 18.4. The summed E-state index contributed by atoms with van der Waals surface area (Å²) in [7, 11) is 0. The summed E-state index contributed by atoms with van der Waals surface area (Å²) >= 11 is 0. The van der Waals surface area contributed by atoms with Crippen LogP contribution >= 0.6 is 0 Å². The summed E-state index contributed by atoms with van der Waals surface area (Å²) in [6, 6.07) is 6.71. The van der Waals surface area contributed by atoms with Gasteiger partial charge in [0, 0.05) is 0 Å².